The number of pyridine rings is 1. The first-order chi connectivity index (χ1) is 7.98. The second-order valence-electron chi connectivity index (χ2n) is 4.89. The molecule has 0 aromatic carbocycles. The van der Waals surface area contributed by atoms with Crippen LogP contribution in [0, 0.1) is 11.3 Å². The SMILES string of the molecule is CCc1nc([O-])c(C#N)c2c1COC(C)(C)C2. The first-order valence-electron chi connectivity index (χ1n) is 5.74. The van der Waals surface area contributed by atoms with Crippen molar-refractivity contribution in [1.29, 1.82) is 5.26 Å². The van der Waals surface area contributed by atoms with Gasteiger partial charge in [-0.2, -0.15) is 5.26 Å². The molecule has 4 nitrogen and oxygen atoms in total. The number of rotatable bonds is 1. The van der Waals surface area contributed by atoms with Crippen LogP contribution in [0.2, 0.25) is 0 Å². The van der Waals surface area contributed by atoms with Gasteiger partial charge in [-0.15, -0.1) is 0 Å². The normalized spacial score (nSPS) is 17.3. The van der Waals surface area contributed by atoms with E-state index in [-0.39, 0.29) is 11.2 Å². The molecule has 0 N–H and O–H groups in total. The van der Waals surface area contributed by atoms with Gasteiger partial charge in [0.25, 0.3) is 0 Å². The highest BCUT2D eigenvalue weighted by Crippen LogP contribution is 2.33. The Bertz CT molecular complexity index is 501. The molecular weight excluding hydrogens is 216 g/mol. The zero-order valence-electron chi connectivity index (χ0n) is 10.3. The zero-order chi connectivity index (χ0) is 12.6. The number of hydrogen-bond donors (Lipinski definition) is 0. The molecule has 2 heterocycles. The third-order valence-electron chi connectivity index (χ3n) is 3.12. The van der Waals surface area contributed by atoms with Crippen LogP contribution in [0.25, 0.3) is 0 Å². The van der Waals surface area contributed by atoms with E-state index < -0.39 is 5.88 Å². The predicted molar refractivity (Wildman–Crippen MR) is 60.3 cm³/mol. The lowest BCUT2D eigenvalue weighted by Crippen LogP contribution is -2.33. The number of nitriles is 1. The molecule has 0 fully saturated rings. The average molecular weight is 231 g/mol. The van der Waals surface area contributed by atoms with E-state index >= 15 is 0 Å². The van der Waals surface area contributed by atoms with Gasteiger partial charge in [0.05, 0.1) is 17.8 Å². The maximum atomic E-state index is 11.7. The second kappa shape index (κ2) is 4.01. The van der Waals surface area contributed by atoms with Crippen LogP contribution >= 0.6 is 0 Å². The van der Waals surface area contributed by atoms with Gasteiger partial charge in [-0.05, 0) is 25.8 Å². The van der Waals surface area contributed by atoms with E-state index in [4.69, 9.17) is 10.00 Å². The molecule has 1 aromatic rings. The lowest BCUT2D eigenvalue weighted by Gasteiger charge is -2.34. The Morgan fingerprint density at radius 3 is 2.76 bits per heavy atom. The summed E-state index contributed by atoms with van der Waals surface area (Å²) in [5.74, 6) is -0.402. The van der Waals surface area contributed by atoms with Crippen LogP contribution < -0.4 is 5.11 Å². The van der Waals surface area contributed by atoms with Gasteiger partial charge in [0, 0.05) is 23.6 Å². The molecule has 0 saturated heterocycles. The first kappa shape index (κ1) is 11.9. The lowest BCUT2D eigenvalue weighted by atomic mass is 9.88. The fourth-order valence-electron chi connectivity index (χ4n) is 2.22. The molecule has 1 aliphatic heterocycles. The van der Waals surface area contributed by atoms with Crippen LogP contribution in [-0.4, -0.2) is 10.6 Å². The van der Waals surface area contributed by atoms with Crippen molar-refractivity contribution in [3.63, 3.8) is 0 Å². The minimum Gasteiger partial charge on any atom is -0.858 e. The molecule has 90 valence electrons. The molecule has 4 heteroatoms. The highest BCUT2D eigenvalue weighted by molar-refractivity contribution is 5.50. The highest BCUT2D eigenvalue weighted by Gasteiger charge is 2.29. The maximum absolute atomic E-state index is 11.7. The van der Waals surface area contributed by atoms with Gasteiger partial charge < -0.3 is 9.84 Å². The minimum absolute atomic E-state index is 0.188. The molecule has 0 saturated carbocycles. The van der Waals surface area contributed by atoms with Gasteiger partial charge >= 0.3 is 0 Å². The van der Waals surface area contributed by atoms with Crippen molar-refractivity contribution in [3.8, 4) is 11.9 Å². The van der Waals surface area contributed by atoms with Crippen LogP contribution in [0.3, 0.4) is 0 Å². The summed E-state index contributed by atoms with van der Waals surface area (Å²) in [6.07, 6.45) is 1.28. The van der Waals surface area contributed by atoms with E-state index in [0.717, 1.165) is 16.8 Å². The number of ether oxygens (including phenoxy) is 1. The van der Waals surface area contributed by atoms with Gasteiger partial charge in [-0.3, -0.25) is 4.98 Å². The third-order valence-corrected chi connectivity index (χ3v) is 3.12. The molecule has 1 aromatic heterocycles. The number of fused-ring (bicyclic) bond motifs is 1. The van der Waals surface area contributed by atoms with Gasteiger partial charge in [-0.25, -0.2) is 0 Å². The summed E-state index contributed by atoms with van der Waals surface area (Å²) in [6, 6.07) is 1.98. The monoisotopic (exact) mass is 231 g/mol. The Morgan fingerprint density at radius 1 is 1.47 bits per heavy atom. The van der Waals surface area contributed by atoms with Crippen molar-refractivity contribution in [1.82, 2.24) is 4.98 Å². The topological polar surface area (TPSA) is 69.0 Å². The Labute approximate surface area is 101 Å². The predicted octanol–water partition coefficient (Wildman–Crippen LogP) is 1.44. The van der Waals surface area contributed by atoms with Gasteiger partial charge in [-0.1, -0.05) is 6.92 Å². The quantitative estimate of drug-likeness (QED) is 0.733. The van der Waals surface area contributed by atoms with E-state index in [1.54, 1.807) is 0 Å². The van der Waals surface area contributed by atoms with E-state index in [1.165, 1.54) is 0 Å². The van der Waals surface area contributed by atoms with E-state index in [9.17, 15) is 5.11 Å². The molecule has 0 radical (unpaired) electrons. The standard InChI is InChI=1S/C13H16N2O2/c1-4-11-10-7-17-13(2,3)5-8(10)9(6-14)12(16)15-11/h4-5,7H2,1-3H3,(H,15,16)/p-1. The van der Waals surface area contributed by atoms with E-state index in [0.29, 0.717) is 19.4 Å². The largest absolute Gasteiger partial charge is 0.858 e. The summed E-state index contributed by atoms with van der Waals surface area (Å²) in [6.45, 7) is 6.32. The highest BCUT2D eigenvalue weighted by atomic mass is 16.5. The summed E-state index contributed by atoms with van der Waals surface area (Å²) < 4.78 is 5.72. The van der Waals surface area contributed by atoms with Crippen LogP contribution in [-0.2, 0) is 24.2 Å². The van der Waals surface area contributed by atoms with Gasteiger partial charge in [0.1, 0.15) is 6.07 Å². The van der Waals surface area contributed by atoms with Crippen LogP contribution in [0.1, 0.15) is 43.2 Å². The Kier molecular flexibility index (Phi) is 2.80. The fourth-order valence-corrected chi connectivity index (χ4v) is 2.22. The fraction of sp³-hybridized carbons (Fsp3) is 0.538. The molecule has 0 atom stereocenters. The molecule has 0 spiro atoms. The number of aromatic nitrogens is 1. The number of aryl methyl sites for hydroxylation is 1. The molecule has 1 aliphatic rings. The van der Waals surface area contributed by atoms with Crippen molar-refractivity contribution in [2.24, 2.45) is 0 Å². The maximum Gasteiger partial charge on any atom is 0.100 e. The summed E-state index contributed by atoms with van der Waals surface area (Å²) in [7, 11) is 0. The molecule has 0 amide bonds. The van der Waals surface area contributed by atoms with Crippen molar-refractivity contribution < 1.29 is 9.84 Å². The molecular formula is C13H15N2O2-. The Hall–Kier alpha value is -1.60. The van der Waals surface area contributed by atoms with E-state index in [2.05, 4.69) is 4.98 Å². The number of hydrogen-bond acceptors (Lipinski definition) is 4. The van der Waals surface area contributed by atoms with Crippen molar-refractivity contribution in [3.05, 3.63) is 22.4 Å². The van der Waals surface area contributed by atoms with Crippen LogP contribution in [0.5, 0.6) is 5.88 Å². The Balaban J connectivity index is 2.65. The van der Waals surface area contributed by atoms with E-state index in [1.807, 2.05) is 26.8 Å². The molecule has 0 unspecified atom stereocenters. The average Bonchev–Trinajstić information content (AvgIpc) is 2.26. The summed E-state index contributed by atoms with van der Waals surface area (Å²) in [4.78, 5) is 3.97. The van der Waals surface area contributed by atoms with Crippen LogP contribution in [0.15, 0.2) is 0 Å². The van der Waals surface area contributed by atoms with Gasteiger partial charge in [0.15, 0.2) is 0 Å². The minimum atomic E-state index is -0.402. The van der Waals surface area contributed by atoms with Crippen molar-refractivity contribution in [2.75, 3.05) is 0 Å². The molecule has 17 heavy (non-hydrogen) atoms. The molecule has 0 aliphatic carbocycles. The summed E-state index contributed by atoms with van der Waals surface area (Å²) >= 11 is 0. The smallest absolute Gasteiger partial charge is 0.100 e. The molecule has 2 rings (SSSR count). The van der Waals surface area contributed by atoms with Gasteiger partial charge in [0.2, 0.25) is 0 Å². The summed E-state index contributed by atoms with van der Waals surface area (Å²) in [5.41, 5.74) is 2.40. The third kappa shape index (κ3) is 1.98. The second-order valence-corrected chi connectivity index (χ2v) is 4.89. The lowest BCUT2D eigenvalue weighted by molar-refractivity contribution is -0.275. The van der Waals surface area contributed by atoms with Crippen molar-refractivity contribution >= 4 is 0 Å². The number of nitrogens with zero attached hydrogens (tertiary/aromatic N) is 2. The first-order valence-corrected chi connectivity index (χ1v) is 5.74. The molecule has 0 bridgehead atoms. The Morgan fingerprint density at radius 2 is 2.18 bits per heavy atom. The van der Waals surface area contributed by atoms with Crippen molar-refractivity contribution in [2.45, 2.75) is 45.8 Å². The van der Waals surface area contributed by atoms with Crippen LogP contribution in [0.4, 0.5) is 0 Å². The zero-order valence-corrected chi connectivity index (χ0v) is 10.3. The summed E-state index contributed by atoms with van der Waals surface area (Å²) in [5, 5.41) is 20.8.